The molecule has 0 amide bonds. The Balaban J connectivity index is 1.48. The molecule has 7 nitrogen and oxygen atoms in total. The van der Waals surface area contributed by atoms with E-state index < -0.39 is 20.0 Å². The summed E-state index contributed by atoms with van der Waals surface area (Å²) in [7, 11) is -7.51. The molecule has 0 radical (unpaired) electrons. The summed E-state index contributed by atoms with van der Waals surface area (Å²) in [6, 6.07) is 11.0. The molecule has 0 unspecified atom stereocenters. The molecule has 1 aliphatic heterocycles. The van der Waals surface area contributed by atoms with E-state index in [9.17, 15) is 16.8 Å². The number of benzene rings is 2. The first kappa shape index (κ1) is 21.8. The first-order valence-corrected chi connectivity index (χ1v) is 13.6. The zero-order valence-corrected chi connectivity index (χ0v) is 18.9. The molecule has 1 aliphatic carbocycles. The highest BCUT2D eigenvalue weighted by molar-refractivity contribution is 7.92. The maximum Gasteiger partial charge on any atom is 0.262 e. The zero-order valence-electron chi connectivity index (χ0n) is 17.3. The number of rotatable bonds is 5. The number of sulfonamides is 2. The Morgan fingerprint density at radius 3 is 2.06 bits per heavy atom. The summed E-state index contributed by atoms with van der Waals surface area (Å²) in [5.74, 6) is 0.481. The number of hydrogen-bond acceptors (Lipinski definition) is 5. The lowest BCUT2D eigenvalue weighted by molar-refractivity contribution is 0.591. The van der Waals surface area contributed by atoms with E-state index in [0.717, 1.165) is 50.5 Å². The Hall–Kier alpha value is -2.39. The summed E-state index contributed by atoms with van der Waals surface area (Å²) in [6.07, 6.45) is 7.60. The van der Waals surface area contributed by atoms with Crippen molar-refractivity contribution in [2.45, 2.75) is 61.2 Å². The van der Waals surface area contributed by atoms with Crippen LogP contribution in [0.4, 0.5) is 5.69 Å². The highest BCUT2D eigenvalue weighted by atomic mass is 32.2. The molecule has 9 heteroatoms. The van der Waals surface area contributed by atoms with Crippen LogP contribution in [0.5, 0.6) is 0 Å². The van der Waals surface area contributed by atoms with Gasteiger partial charge in [0.1, 0.15) is 5.84 Å². The van der Waals surface area contributed by atoms with Gasteiger partial charge in [0.25, 0.3) is 20.0 Å². The van der Waals surface area contributed by atoms with Gasteiger partial charge >= 0.3 is 0 Å². The van der Waals surface area contributed by atoms with Crippen LogP contribution in [0.2, 0.25) is 0 Å². The molecule has 0 atom stereocenters. The lowest BCUT2D eigenvalue weighted by atomic mass is 9.92. The average Bonchev–Trinajstić information content (AvgIpc) is 3.01. The van der Waals surface area contributed by atoms with Gasteiger partial charge in [0, 0.05) is 18.7 Å². The third-order valence-corrected chi connectivity index (χ3v) is 8.45. The van der Waals surface area contributed by atoms with Crippen LogP contribution in [0.1, 0.15) is 49.7 Å². The number of anilines is 1. The lowest BCUT2D eigenvalue weighted by Gasteiger charge is -2.17. The summed E-state index contributed by atoms with van der Waals surface area (Å²) in [4.78, 5) is 4.58. The van der Waals surface area contributed by atoms with Crippen LogP contribution in [-0.4, -0.2) is 29.2 Å². The van der Waals surface area contributed by atoms with Crippen molar-refractivity contribution in [1.82, 2.24) is 4.72 Å². The highest BCUT2D eigenvalue weighted by Gasteiger charge is 2.20. The molecule has 31 heavy (non-hydrogen) atoms. The van der Waals surface area contributed by atoms with Gasteiger partial charge in [-0.15, -0.1) is 0 Å². The van der Waals surface area contributed by atoms with E-state index in [1.54, 1.807) is 12.1 Å². The molecule has 4 rings (SSSR count). The Morgan fingerprint density at radius 2 is 1.29 bits per heavy atom. The number of amidine groups is 1. The van der Waals surface area contributed by atoms with E-state index in [-0.39, 0.29) is 9.79 Å². The summed E-state index contributed by atoms with van der Waals surface area (Å²) < 4.78 is 56.0. The Bertz CT molecular complexity index is 1190. The van der Waals surface area contributed by atoms with E-state index in [1.165, 1.54) is 29.8 Å². The van der Waals surface area contributed by atoms with Gasteiger partial charge in [-0.05, 0) is 86.1 Å². The fourth-order valence-corrected chi connectivity index (χ4v) is 6.16. The summed E-state index contributed by atoms with van der Waals surface area (Å²) >= 11 is 0. The molecular weight excluding hydrogens is 434 g/mol. The van der Waals surface area contributed by atoms with Gasteiger partial charge < -0.3 is 0 Å². The smallest absolute Gasteiger partial charge is 0.262 e. The standard InChI is InChI=1S/C22H27N3O4S2/c26-30(27,25-22-8-2-1-5-15-23-22)20-13-10-19(11-14-20)24-31(28,29)21-12-9-17-6-3-4-7-18(17)16-21/h9-14,16,24H,1-8,15H2,(H,23,25). The van der Waals surface area contributed by atoms with Gasteiger partial charge in [-0.25, -0.2) is 16.8 Å². The molecule has 2 aliphatic rings. The number of aryl methyl sites for hydroxylation is 2. The van der Waals surface area contributed by atoms with E-state index >= 15 is 0 Å². The van der Waals surface area contributed by atoms with Crippen molar-refractivity contribution >= 4 is 31.6 Å². The molecule has 2 aromatic carbocycles. The van der Waals surface area contributed by atoms with Crippen molar-refractivity contribution < 1.29 is 16.8 Å². The van der Waals surface area contributed by atoms with Gasteiger partial charge in [-0.3, -0.25) is 14.4 Å². The highest BCUT2D eigenvalue weighted by Crippen LogP contribution is 2.25. The normalized spacial score (nSPS) is 17.2. The Labute approximate surface area is 184 Å². The van der Waals surface area contributed by atoms with E-state index in [4.69, 9.17) is 0 Å². The summed E-state index contributed by atoms with van der Waals surface area (Å²) in [5.41, 5.74) is 2.61. The van der Waals surface area contributed by atoms with Crippen LogP contribution in [0, 0.1) is 0 Å². The van der Waals surface area contributed by atoms with Gasteiger partial charge in [0.15, 0.2) is 0 Å². The minimum absolute atomic E-state index is 0.0659. The maximum atomic E-state index is 12.8. The van der Waals surface area contributed by atoms with E-state index in [0.29, 0.717) is 24.5 Å². The van der Waals surface area contributed by atoms with Crippen LogP contribution in [0.15, 0.2) is 57.2 Å². The molecular formula is C22H27N3O4S2. The lowest BCUT2D eigenvalue weighted by Crippen LogP contribution is -2.30. The van der Waals surface area contributed by atoms with E-state index in [1.807, 2.05) is 6.07 Å². The second-order valence-corrected chi connectivity index (χ2v) is 11.4. The third-order valence-electron chi connectivity index (χ3n) is 5.67. The zero-order chi connectivity index (χ0) is 21.9. The van der Waals surface area contributed by atoms with Crippen LogP contribution in [0.3, 0.4) is 0 Å². The van der Waals surface area contributed by atoms with Crippen LogP contribution >= 0.6 is 0 Å². The van der Waals surface area contributed by atoms with Crippen molar-refractivity contribution in [1.29, 1.82) is 0 Å². The summed E-state index contributed by atoms with van der Waals surface area (Å²) in [6.45, 7) is 0.626. The second-order valence-electron chi connectivity index (χ2n) is 8.01. The predicted molar refractivity (Wildman–Crippen MR) is 121 cm³/mol. The van der Waals surface area contributed by atoms with Gasteiger partial charge in [-0.1, -0.05) is 12.5 Å². The van der Waals surface area contributed by atoms with Crippen molar-refractivity contribution in [2.24, 2.45) is 4.99 Å². The first-order chi connectivity index (χ1) is 14.8. The molecule has 0 saturated carbocycles. The van der Waals surface area contributed by atoms with Gasteiger partial charge in [0.05, 0.1) is 9.79 Å². The monoisotopic (exact) mass is 461 g/mol. The van der Waals surface area contributed by atoms with Gasteiger partial charge in [0.2, 0.25) is 0 Å². The van der Waals surface area contributed by atoms with Crippen LogP contribution < -0.4 is 9.44 Å². The number of aliphatic imine (C=N–C) groups is 1. The average molecular weight is 462 g/mol. The number of nitrogens with one attached hydrogen (secondary N) is 2. The SMILES string of the molecule is O=S(=O)(NC1=NCCCCC1)c1ccc(NS(=O)(=O)c2ccc3c(c2)CCCC3)cc1. The number of nitrogens with zero attached hydrogens (tertiary/aromatic N) is 1. The predicted octanol–water partition coefficient (Wildman–Crippen LogP) is 3.62. The van der Waals surface area contributed by atoms with Crippen LogP contribution in [-0.2, 0) is 32.9 Å². The minimum atomic E-state index is -3.76. The molecule has 166 valence electrons. The summed E-state index contributed by atoms with van der Waals surface area (Å²) in [5, 5.41) is 0. The molecule has 0 bridgehead atoms. The molecule has 1 heterocycles. The Kier molecular flexibility index (Phi) is 6.34. The van der Waals surface area contributed by atoms with Crippen molar-refractivity contribution in [3.05, 3.63) is 53.6 Å². The largest absolute Gasteiger partial charge is 0.280 e. The quantitative estimate of drug-likeness (QED) is 0.709. The Morgan fingerprint density at radius 1 is 0.645 bits per heavy atom. The van der Waals surface area contributed by atoms with Crippen LogP contribution in [0.25, 0.3) is 0 Å². The fourth-order valence-electron chi connectivity index (χ4n) is 3.96. The third kappa shape index (κ3) is 5.27. The molecule has 0 fully saturated rings. The molecule has 2 N–H and O–H groups in total. The topological polar surface area (TPSA) is 105 Å². The van der Waals surface area contributed by atoms with Crippen molar-refractivity contribution in [3.8, 4) is 0 Å². The van der Waals surface area contributed by atoms with Crippen molar-refractivity contribution in [2.75, 3.05) is 11.3 Å². The van der Waals surface area contributed by atoms with Crippen molar-refractivity contribution in [3.63, 3.8) is 0 Å². The number of hydrogen-bond donors (Lipinski definition) is 2. The maximum absolute atomic E-state index is 12.8. The van der Waals surface area contributed by atoms with Gasteiger partial charge in [-0.2, -0.15) is 0 Å². The molecule has 0 saturated heterocycles. The second kappa shape index (κ2) is 9.00. The molecule has 2 aromatic rings. The number of fused-ring (bicyclic) bond motifs is 1. The first-order valence-electron chi connectivity index (χ1n) is 10.6. The molecule has 0 aromatic heterocycles. The fraction of sp³-hybridized carbons (Fsp3) is 0.409. The minimum Gasteiger partial charge on any atom is -0.280 e. The molecule has 0 spiro atoms. The van der Waals surface area contributed by atoms with E-state index in [2.05, 4.69) is 14.4 Å².